The summed E-state index contributed by atoms with van der Waals surface area (Å²) in [5.74, 6) is 0.00657. The highest BCUT2D eigenvalue weighted by Crippen LogP contribution is 2.30. The Balaban J connectivity index is 1.38. The van der Waals surface area contributed by atoms with Crippen molar-refractivity contribution in [1.82, 2.24) is 19.8 Å². The van der Waals surface area contributed by atoms with Gasteiger partial charge in [0.2, 0.25) is 5.91 Å². The fourth-order valence-electron chi connectivity index (χ4n) is 4.09. The average Bonchev–Trinajstić information content (AvgIpc) is 3.55. The molecule has 1 fully saturated rings. The molecule has 0 radical (unpaired) electrons. The minimum atomic E-state index is -0.0227. The standard InChI is InChI=1S/C26H33N5O3S/c1-3-9-31(10-4-2)26(33)22-15-20(16-27-22)23-18-35-25(29-23)19-5-7-21(8-6-19)28-24(32)17-30-11-13-34-14-12-30/h5-8,15-16,18,27H,3-4,9-14,17H2,1-2H3,(H,28,32). The number of anilines is 1. The number of carbonyl (C=O) groups excluding carboxylic acids is 2. The van der Waals surface area contributed by atoms with Crippen LogP contribution in [0.2, 0.25) is 0 Å². The molecule has 1 aliphatic heterocycles. The van der Waals surface area contributed by atoms with Crippen LogP contribution in [0.5, 0.6) is 0 Å². The van der Waals surface area contributed by atoms with E-state index in [1.165, 1.54) is 0 Å². The van der Waals surface area contributed by atoms with Gasteiger partial charge in [-0.25, -0.2) is 4.98 Å². The summed E-state index contributed by atoms with van der Waals surface area (Å²) in [5.41, 5.74) is 4.07. The highest BCUT2D eigenvalue weighted by atomic mass is 32.1. The minimum absolute atomic E-state index is 0.0227. The van der Waals surface area contributed by atoms with Crippen LogP contribution < -0.4 is 5.32 Å². The van der Waals surface area contributed by atoms with Crippen LogP contribution in [0, 0.1) is 0 Å². The number of carbonyl (C=O) groups is 2. The van der Waals surface area contributed by atoms with Crippen molar-refractivity contribution in [3.8, 4) is 21.8 Å². The summed E-state index contributed by atoms with van der Waals surface area (Å²) in [6.07, 6.45) is 3.71. The van der Waals surface area contributed by atoms with Gasteiger partial charge in [0, 0.05) is 54.6 Å². The molecule has 0 unspecified atom stereocenters. The average molecular weight is 496 g/mol. The van der Waals surface area contributed by atoms with E-state index in [1.807, 2.05) is 46.8 Å². The lowest BCUT2D eigenvalue weighted by Gasteiger charge is -2.25. The number of benzene rings is 1. The molecular weight excluding hydrogens is 462 g/mol. The Labute approximate surface area is 210 Å². The second kappa shape index (κ2) is 12.1. The van der Waals surface area contributed by atoms with Crippen LogP contribution in [0.3, 0.4) is 0 Å². The van der Waals surface area contributed by atoms with Gasteiger partial charge in [-0.15, -0.1) is 11.3 Å². The number of rotatable bonds is 10. The molecule has 3 heterocycles. The van der Waals surface area contributed by atoms with Gasteiger partial charge in [-0.2, -0.15) is 0 Å². The fraction of sp³-hybridized carbons (Fsp3) is 0.423. The summed E-state index contributed by atoms with van der Waals surface area (Å²) in [4.78, 5) is 37.1. The van der Waals surface area contributed by atoms with Gasteiger partial charge in [0.1, 0.15) is 10.7 Å². The first-order valence-corrected chi connectivity index (χ1v) is 13.1. The summed E-state index contributed by atoms with van der Waals surface area (Å²) in [5, 5.41) is 5.85. The first kappa shape index (κ1) is 25.1. The van der Waals surface area contributed by atoms with Crippen LogP contribution in [0.25, 0.3) is 21.8 Å². The Morgan fingerprint density at radius 1 is 1.11 bits per heavy atom. The summed E-state index contributed by atoms with van der Waals surface area (Å²) < 4.78 is 5.33. The molecule has 35 heavy (non-hydrogen) atoms. The summed E-state index contributed by atoms with van der Waals surface area (Å²) >= 11 is 1.55. The maximum Gasteiger partial charge on any atom is 0.270 e. The molecular formula is C26H33N5O3S. The van der Waals surface area contributed by atoms with Crippen LogP contribution in [-0.4, -0.2) is 77.5 Å². The third-order valence-electron chi connectivity index (χ3n) is 5.87. The van der Waals surface area contributed by atoms with E-state index in [4.69, 9.17) is 9.72 Å². The van der Waals surface area contributed by atoms with E-state index >= 15 is 0 Å². The summed E-state index contributed by atoms with van der Waals surface area (Å²) in [6, 6.07) is 9.61. The topological polar surface area (TPSA) is 90.6 Å². The van der Waals surface area contributed by atoms with Gasteiger partial charge in [0.05, 0.1) is 25.5 Å². The number of thiazole rings is 1. The van der Waals surface area contributed by atoms with Crippen molar-refractivity contribution in [1.29, 1.82) is 0 Å². The number of hydrogen-bond acceptors (Lipinski definition) is 6. The van der Waals surface area contributed by atoms with Gasteiger partial charge in [0.15, 0.2) is 0 Å². The van der Waals surface area contributed by atoms with Gasteiger partial charge in [-0.05, 0) is 43.2 Å². The molecule has 0 bridgehead atoms. The highest BCUT2D eigenvalue weighted by molar-refractivity contribution is 7.13. The molecule has 2 amide bonds. The second-order valence-electron chi connectivity index (χ2n) is 8.65. The lowest BCUT2D eigenvalue weighted by atomic mass is 10.2. The molecule has 1 saturated heterocycles. The largest absolute Gasteiger partial charge is 0.379 e. The van der Waals surface area contributed by atoms with Gasteiger partial charge in [-0.1, -0.05) is 13.8 Å². The molecule has 4 rings (SSSR count). The molecule has 8 nitrogen and oxygen atoms in total. The molecule has 186 valence electrons. The van der Waals surface area contributed by atoms with E-state index in [9.17, 15) is 9.59 Å². The number of hydrogen-bond donors (Lipinski definition) is 2. The van der Waals surface area contributed by atoms with Gasteiger partial charge in [-0.3, -0.25) is 14.5 Å². The van der Waals surface area contributed by atoms with Crippen LogP contribution >= 0.6 is 11.3 Å². The van der Waals surface area contributed by atoms with Crippen LogP contribution in [-0.2, 0) is 9.53 Å². The van der Waals surface area contributed by atoms with E-state index in [2.05, 4.69) is 29.0 Å². The highest BCUT2D eigenvalue weighted by Gasteiger charge is 2.18. The number of H-pyrrole nitrogens is 1. The van der Waals surface area contributed by atoms with Crippen LogP contribution in [0.4, 0.5) is 5.69 Å². The minimum Gasteiger partial charge on any atom is -0.379 e. The second-order valence-corrected chi connectivity index (χ2v) is 9.50. The van der Waals surface area contributed by atoms with E-state index in [0.717, 1.165) is 66.5 Å². The van der Waals surface area contributed by atoms with E-state index in [1.54, 1.807) is 11.3 Å². The van der Waals surface area contributed by atoms with E-state index in [-0.39, 0.29) is 11.8 Å². The molecule has 2 N–H and O–H groups in total. The van der Waals surface area contributed by atoms with Crippen molar-refractivity contribution in [3.63, 3.8) is 0 Å². The third kappa shape index (κ3) is 6.56. The molecule has 1 aromatic carbocycles. The first-order valence-electron chi connectivity index (χ1n) is 12.2. The lowest BCUT2D eigenvalue weighted by Crippen LogP contribution is -2.41. The maximum atomic E-state index is 12.9. The van der Waals surface area contributed by atoms with Crippen molar-refractivity contribution < 1.29 is 14.3 Å². The van der Waals surface area contributed by atoms with Crippen molar-refractivity contribution in [2.75, 3.05) is 51.3 Å². The van der Waals surface area contributed by atoms with Gasteiger partial charge < -0.3 is 19.9 Å². The Hall–Kier alpha value is -3.01. The Morgan fingerprint density at radius 3 is 2.51 bits per heavy atom. The molecule has 0 saturated carbocycles. The van der Waals surface area contributed by atoms with Crippen LogP contribution in [0.1, 0.15) is 37.2 Å². The Morgan fingerprint density at radius 2 is 1.83 bits per heavy atom. The van der Waals surface area contributed by atoms with Gasteiger partial charge >= 0.3 is 0 Å². The molecule has 3 aromatic rings. The quantitative estimate of drug-likeness (QED) is 0.437. The predicted molar refractivity (Wildman–Crippen MR) is 140 cm³/mol. The summed E-state index contributed by atoms with van der Waals surface area (Å²) in [7, 11) is 0. The number of aromatic nitrogens is 2. The van der Waals surface area contributed by atoms with Crippen molar-refractivity contribution in [3.05, 3.63) is 47.6 Å². The smallest absolute Gasteiger partial charge is 0.270 e. The third-order valence-corrected chi connectivity index (χ3v) is 6.77. The van der Waals surface area contributed by atoms with Crippen molar-refractivity contribution in [2.45, 2.75) is 26.7 Å². The first-order chi connectivity index (χ1) is 17.1. The number of nitrogens with one attached hydrogen (secondary N) is 2. The predicted octanol–water partition coefficient (Wildman–Crippen LogP) is 4.34. The number of ether oxygens (including phenoxy) is 1. The van der Waals surface area contributed by atoms with Gasteiger partial charge in [0.25, 0.3) is 5.91 Å². The molecule has 2 aromatic heterocycles. The molecule has 0 atom stereocenters. The number of nitrogens with zero attached hydrogens (tertiary/aromatic N) is 3. The molecule has 0 spiro atoms. The Bertz CT molecular complexity index is 1110. The molecule has 1 aliphatic rings. The van der Waals surface area contributed by atoms with Crippen LogP contribution in [0.15, 0.2) is 41.9 Å². The van der Waals surface area contributed by atoms with E-state index in [0.29, 0.717) is 25.5 Å². The zero-order valence-corrected chi connectivity index (χ0v) is 21.2. The zero-order valence-electron chi connectivity index (χ0n) is 20.4. The Kier molecular flexibility index (Phi) is 8.68. The van der Waals surface area contributed by atoms with Crippen molar-refractivity contribution >= 4 is 28.8 Å². The lowest BCUT2D eigenvalue weighted by molar-refractivity contribution is -0.118. The SMILES string of the molecule is CCCN(CCC)C(=O)c1cc(-c2csc(-c3ccc(NC(=O)CN4CCOCC4)cc3)n2)c[nH]1. The number of amides is 2. The van der Waals surface area contributed by atoms with Crippen molar-refractivity contribution in [2.24, 2.45) is 0 Å². The summed E-state index contributed by atoms with van der Waals surface area (Å²) in [6.45, 7) is 8.96. The maximum absolute atomic E-state index is 12.9. The number of aromatic amines is 1. The zero-order chi connectivity index (χ0) is 24.6. The molecule has 0 aliphatic carbocycles. The monoisotopic (exact) mass is 495 g/mol. The molecule has 9 heteroatoms. The van der Waals surface area contributed by atoms with E-state index < -0.39 is 0 Å². The number of morpholine rings is 1. The normalized spacial score (nSPS) is 14.1. The fourth-order valence-corrected chi connectivity index (χ4v) is 4.92.